The Morgan fingerprint density at radius 1 is 1.42 bits per heavy atom. The summed E-state index contributed by atoms with van der Waals surface area (Å²) in [4.78, 5) is 24.5. The van der Waals surface area contributed by atoms with Gasteiger partial charge in [-0.2, -0.15) is 0 Å². The number of urea groups is 1. The Kier molecular flexibility index (Phi) is 3.22. The molecule has 1 fully saturated rings. The van der Waals surface area contributed by atoms with Gasteiger partial charge in [0.25, 0.3) is 0 Å². The number of carbonyl (C=O) groups excluding carboxylic acids is 1. The summed E-state index contributed by atoms with van der Waals surface area (Å²) < 4.78 is 0. The van der Waals surface area contributed by atoms with Crippen LogP contribution >= 0.6 is 0 Å². The number of rotatable bonds is 2. The van der Waals surface area contributed by atoms with Crippen LogP contribution in [-0.4, -0.2) is 29.7 Å². The van der Waals surface area contributed by atoms with Gasteiger partial charge in [0.15, 0.2) is 0 Å². The third-order valence-corrected chi connectivity index (χ3v) is 3.36. The minimum absolute atomic E-state index is 0.0329. The lowest BCUT2D eigenvalue weighted by molar-refractivity contribution is 0.0697. The van der Waals surface area contributed by atoms with Crippen molar-refractivity contribution in [3.8, 4) is 0 Å². The van der Waals surface area contributed by atoms with Gasteiger partial charge in [-0.25, -0.2) is 9.59 Å². The van der Waals surface area contributed by atoms with Gasteiger partial charge in [-0.15, -0.1) is 0 Å². The third-order valence-electron chi connectivity index (χ3n) is 3.36. The number of nitrogens with zero attached hydrogens (tertiary/aromatic N) is 1. The van der Waals surface area contributed by atoms with Crippen molar-refractivity contribution in [3.05, 3.63) is 29.8 Å². The summed E-state index contributed by atoms with van der Waals surface area (Å²) in [6.07, 6.45) is 0. The van der Waals surface area contributed by atoms with Crippen LogP contribution in [0.1, 0.15) is 31.1 Å². The van der Waals surface area contributed by atoms with Crippen molar-refractivity contribution >= 4 is 17.7 Å². The number of carboxylic acids is 1. The first kappa shape index (κ1) is 13.4. The molecular weight excluding hydrogens is 244 g/mol. The van der Waals surface area contributed by atoms with Crippen molar-refractivity contribution in [1.29, 1.82) is 0 Å². The van der Waals surface area contributed by atoms with Crippen LogP contribution in [0.25, 0.3) is 0 Å². The predicted octanol–water partition coefficient (Wildman–Crippen LogP) is 2.33. The Bertz CT molecular complexity index is 520. The lowest BCUT2D eigenvalue weighted by atomic mass is 9.87. The molecule has 0 saturated carbocycles. The molecule has 1 saturated heterocycles. The van der Waals surface area contributed by atoms with E-state index in [1.54, 1.807) is 17.0 Å². The van der Waals surface area contributed by atoms with E-state index in [2.05, 4.69) is 26.1 Å². The molecule has 1 heterocycles. The fourth-order valence-corrected chi connectivity index (χ4v) is 2.06. The smallest absolute Gasteiger partial charge is 0.335 e. The summed E-state index contributed by atoms with van der Waals surface area (Å²) in [5, 5.41) is 11.9. The summed E-state index contributed by atoms with van der Waals surface area (Å²) in [6, 6.07) is 6.30. The van der Waals surface area contributed by atoms with E-state index in [4.69, 9.17) is 5.11 Å². The molecule has 0 aliphatic carbocycles. The van der Waals surface area contributed by atoms with E-state index in [0.717, 1.165) is 0 Å². The Morgan fingerprint density at radius 2 is 2.11 bits per heavy atom. The summed E-state index contributed by atoms with van der Waals surface area (Å²) in [6.45, 7) is 6.74. The highest BCUT2D eigenvalue weighted by Gasteiger charge is 2.36. The first-order chi connectivity index (χ1) is 8.79. The van der Waals surface area contributed by atoms with Crippen molar-refractivity contribution in [2.45, 2.75) is 26.8 Å². The van der Waals surface area contributed by atoms with E-state index in [0.29, 0.717) is 12.2 Å². The Balaban J connectivity index is 2.26. The van der Waals surface area contributed by atoms with Gasteiger partial charge in [0.05, 0.1) is 11.6 Å². The summed E-state index contributed by atoms with van der Waals surface area (Å²) in [5.74, 6) is -0.992. The molecule has 1 unspecified atom stereocenters. The molecular formula is C14H18N2O3. The number of carboxylic acid groups (broad SMARTS) is 1. The number of nitrogens with one attached hydrogen (secondary N) is 1. The third kappa shape index (κ3) is 2.70. The second kappa shape index (κ2) is 4.57. The molecule has 0 bridgehead atoms. The second-order valence-electron chi connectivity index (χ2n) is 5.83. The molecule has 2 rings (SSSR count). The number of hydrogen-bond acceptors (Lipinski definition) is 2. The molecule has 19 heavy (non-hydrogen) atoms. The first-order valence-corrected chi connectivity index (χ1v) is 6.20. The Morgan fingerprint density at radius 3 is 2.63 bits per heavy atom. The van der Waals surface area contributed by atoms with Gasteiger partial charge in [-0.3, -0.25) is 4.90 Å². The van der Waals surface area contributed by atoms with Gasteiger partial charge in [-0.1, -0.05) is 26.8 Å². The normalized spacial score (nSPS) is 19.4. The maximum Gasteiger partial charge on any atom is 0.335 e. The molecule has 102 valence electrons. The minimum atomic E-state index is -0.992. The molecule has 0 aromatic heterocycles. The molecule has 2 amide bonds. The van der Waals surface area contributed by atoms with Crippen molar-refractivity contribution in [3.63, 3.8) is 0 Å². The van der Waals surface area contributed by atoms with E-state index in [9.17, 15) is 9.59 Å². The molecule has 1 aromatic rings. The molecule has 2 N–H and O–H groups in total. The van der Waals surface area contributed by atoms with Gasteiger partial charge < -0.3 is 10.4 Å². The number of benzene rings is 1. The van der Waals surface area contributed by atoms with Crippen molar-refractivity contribution in [1.82, 2.24) is 5.32 Å². The van der Waals surface area contributed by atoms with Crippen LogP contribution in [0.5, 0.6) is 0 Å². The molecule has 1 aromatic carbocycles. The Labute approximate surface area is 112 Å². The zero-order valence-electron chi connectivity index (χ0n) is 11.3. The van der Waals surface area contributed by atoms with Crippen LogP contribution in [0.3, 0.4) is 0 Å². The lowest BCUT2D eigenvalue weighted by Crippen LogP contribution is -2.38. The van der Waals surface area contributed by atoms with Gasteiger partial charge in [0, 0.05) is 12.2 Å². The maximum atomic E-state index is 12.0. The molecule has 0 spiro atoms. The van der Waals surface area contributed by atoms with Crippen LogP contribution in [0, 0.1) is 5.41 Å². The standard InChI is InChI=1S/C14H18N2O3/c1-14(2,3)11-8-16(13(19)15-11)10-6-4-5-9(7-10)12(17)18/h4-7,11H,8H2,1-3H3,(H,15,19)(H,17,18). The summed E-state index contributed by atoms with van der Waals surface area (Å²) in [7, 11) is 0. The monoisotopic (exact) mass is 262 g/mol. The molecule has 5 nitrogen and oxygen atoms in total. The lowest BCUT2D eigenvalue weighted by Gasteiger charge is -2.26. The van der Waals surface area contributed by atoms with Gasteiger partial charge in [-0.05, 0) is 23.6 Å². The van der Waals surface area contributed by atoms with Crippen LogP contribution in [0.15, 0.2) is 24.3 Å². The zero-order chi connectivity index (χ0) is 14.2. The van der Waals surface area contributed by atoms with Crippen molar-refractivity contribution in [2.24, 2.45) is 5.41 Å². The quantitative estimate of drug-likeness (QED) is 0.859. The highest BCUT2D eigenvalue weighted by atomic mass is 16.4. The number of aromatic carboxylic acids is 1. The van der Waals surface area contributed by atoms with Crippen LogP contribution in [0.2, 0.25) is 0 Å². The van der Waals surface area contributed by atoms with Gasteiger partial charge in [0.1, 0.15) is 0 Å². The van der Waals surface area contributed by atoms with E-state index in [-0.39, 0.29) is 23.1 Å². The van der Waals surface area contributed by atoms with Crippen molar-refractivity contribution < 1.29 is 14.7 Å². The fraction of sp³-hybridized carbons (Fsp3) is 0.429. The average Bonchev–Trinajstić information content (AvgIpc) is 2.71. The summed E-state index contributed by atoms with van der Waals surface area (Å²) in [5.41, 5.74) is 0.767. The van der Waals surface area contributed by atoms with Gasteiger partial charge in [0.2, 0.25) is 0 Å². The van der Waals surface area contributed by atoms with E-state index in [1.807, 2.05) is 0 Å². The molecule has 1 atom stereocenters. The largest absolute Gasteiger partial charge is 0.478 e. The average molecular weight is 262 g/mol. The second-order valence-corrected chi connectivity index (χ2v) is 5.83. The van der Waals surface area contributed by atoms with Crippen molar-refractivity contribution in [2.75, 3.05) is 11.4 Å². The predicted molar refractivity (Wildman–Crippen MR) is 72.5 cm³/mol. The van der Waals surface area contributed by atoms with Crippen LogP contribution in [-0.2, 0) is 0 Å². The van der Waals surface area contributed by atoms with E-state index >= 15 is 0 Å². The summed E-state index contributed by atoms with van der Waals surface area (Å²) >= 11 is 0. The Hall–Kier alpha value is -2.04. The topological polar surface area (TPSA) is 69.6 Å². The van der Waals surface area contributed by atoms with Crippen LogP contribution < -0.4 is 10.2 Å². The number of carbonyl (C=O) groups is 2. The van der Waals surface area contributed by atoms with E-state index < -0.39 is 5.97 Å². The van der Waals surface area contributed by atoms with Gasteiger partial charge >= 0.3 is 12.0 Å². The molecule has 1 aliphatic rings. The molecule has 1 aliphatic heterocycles. The highest BCUT2D eigenvalue weighted by molar-refractivity contribution is 5.96. The zero-order valence-corrected chi connectivity index (χ0v) is 11.3. The van der Waals surface area contributed by atoms with Crippen LogP contribution in [0.4, 0.5) is 10.5 Å². The number of amides is 2. The molecule has 0 radical (unpaired) electrons. The highest BCUT2D eigenvalue weighted by Crippen LogP contribution is 2.27. The first-order valence-electron chi connectivity index (χ1n) is 6.20. The number of hydrogen-bond donors (Lipinski definition) is 2. The number of anilines is 1. The maximum absolute atomic E-state index is 12.0. The minimum Gasteiger partial charge on any atom is -0.478 e. The molecule has 5 heteroatoms. The fourth-order valence-electron chi connectivity index (χ4n) is 2.06. The SMILES string of the molecule is CC(C)(C)C1CN(c2cccc(C(=O)O)c2)C(=O)N1. The van der Waals surface area contributed by atoms with E-state index in [1.165, 1.54) is 12.1 Å².